The molecule has 2 aliphatic heterocycles. The Morgan fingerprint density at radius 1 is 1.38 bits per heavy atom. The molecule has 1 aromatic rings. The molecular weight excluding hydrogens is 284 g/mol. The number of aliphatic hydroxyl groups excluding tert-OH is 1. The van der Waals surface area contributed by atoms with Gasteiger partial charge in [0.25, 0.3) is 5.91 Å². The molecule has 0 bridgehead atoms. The van der Waals surface area contributed by atoms with Crippen molar-refractivity contribution in [3.05, 3.63) is 21.9 Å². The van der Waals surface area contributed by atoms with Crippen LogP contribution in [0.4, 0.5) is 0 Å². The van der Waals surface area contributed by atoms with E-state index < -0.39 is 0 Å². The summed E-state index contributed by atoms with van der Waals surface area (Å²) in [7, 11) is 0. The second-order valence-corrected chi connectivity index (χ2v) is 6.51. The molecule has 0 aliphatic carbocycles. The molecule has 1 amide bonds. The first kappa shape index (κ1) is 14.6. The number of nitrogens with zero attached hydrogens (tertiary/aromatic N) is 2. The summed E-state index contributed by atoms with van der Waals surface area (Å²) in [6.45, 7) is 3.93. The van der Waals surface area contributed by atoms with Gasteiger partial charge in [0, 0.05) is 24.5 Å². The molecule has 1 unspecified atom stereocenters. The summed E-state index contributed by atoms with van der Waals surface area (Å²) in [5, 5.41) is 10.6. The summed E-state index contributed by atoms with van der Waals surface area (Å²) in [6, 6.07) is 2.38. The minimum atomic E-state index is -0.148. The Labute approximate surface area is 129 Å². The van der Waals surface area contributed by atoms with E-state index >= 15 is 0 Å². The average Bonchev–Trinajstić information content (AvgIpc) is 3.24. The van der Waals surface area contributed by atoms with Gasteiger partial charge in [-0.15, -0.1) is 11.3 Å². The Morgan fingerprint density at radius 2 is 2.19 bits per heavy atom. The van der Waals surface area contributed by atoms with E-state index in [4.69, 9.17) is 5.11 Å². The zero-order valence-corrected chi connectivity index (χ0v) is 12.9. The molecule has 2 saturated heterocycles. The lowest BCUT2D eigenvalue weighted by molar-refractivity contribution is 0.0780. The highest BCUT2D eigenvalue weighted by Gasteiger charge is 2.32. The quantitative estimate of drug-likeness (QED) is 0.840. The lowest BCUT2D eigenvalue weighted by Gasteiger charge is -2.23. The summed E-state index contributed by atoms with van der Waals surface area (Å²) >= 11 is 1.46. The van der Waals surface area contributed by atoms with Crippen LogP contribution in [0.5, 0.6) is 0 Å². The number of amides is 1. The van der Waals surface area contributed by atoms with Crippen LogP contribution >= 0.6 is 11.3 Å². The van der Waals surface area contributed by atoms with E-state index in [-0.39, 0.29) is 12.5 Å². The van der Waals surface area contributed by atoms with Crippen LogP contribution in [0.15, 0.2) is 11.4 Å². The van der Waals surface area contributed by atoms with Gasteiger partial charge in [-0.2, -0.15) is 0 Å². The summed E-state index contributed by atoms with van der Waals surface area (Å²) < 4.78 is 0. The number of hydrogen-bond donors (Lipinski definition) is 1. The average molecular weight is 304 g/mol. The van der Waals surface area contributed by atoms with E-state index in [1.807, 2.05) is 16.3 Å². The maximum Gasteiger partial charge on any atom is 0.254 e. The lowest BCUT2D eigenvalue weighted by Crippen LogP contribution is -2.37. The number of likely N-dealkylation sites (tertiary alicyclic amines) is 2. The lowest BCUT2D eigenvalue weighted by atomic mass is 10.2. The zero-order chi connectivity index (χ0) is 14.7. The molecule has 0 aromatic carbocycles. The van der Waals surface area contributed by atoms with Crippen LogP contribution in [0.3, 0.4) is 0 Å². The highest BCUT2D eigenvalue weighted by atomic mass is 32.1. The smallest absolute Gasteiger partial charge is 0.254 e. The standard InChI is InChI=1S/C16H20N2O2S/c19-9-3-4-15-10-13(12-21-15)16(20)18-8-5-14(11-18)17-6-1-2-7-17/h10,12,14,19H,1-2,5-9,11H2. The van der Waals surface area contributed by atoms with Crippen LogP contribution in [0.1, 0.15) is 34.5 Å². The highest BCUT2D eigenvalue weighted by Crippen LogP contribution is 2.23. The predicted molar refractivity (Wildman–Crippen MR) is 83.4 cm³/mol. The van der Waals surface area contributed by atoms with E-state index in [1.165, 1.54) is 37.3 Å². The van der Waals surface area contributed by atoms with Crippen molar-refractivity contribution in [2.24, 2.45) is 0 Å². The van der Waals surface area contributed by atoms with Gasteiger partial charge in [0.1, 0.15) is 6.61 Å². The first-order valence-corrected chi connectivity index (χ1v) is 8.37. The molecule has 1 atom stereocenters. The van der Waals surface area contributed by atoms with Gasteiger partial charge in [0.15, 0.2) is 0 Å². The van der Waals surface area contributed by atoms with E-state index in [1.54, 1.807) is 0 Å². The van der Waals surface area contributed by atoms with Gasteiger partial charge >= 0.3 is 0 Å². The topological polar surface area (TPSA) is 43.8 Å². The van der Waals surface area contributed by atoms with Gasteiger partial charge in [0.2, 0.25) is 0 Å². The molecular formula is C16H20N2O2S. The number of thiophene rings is 1. The molecule has 3 heterocycles. The zero-order valence-electron chi connectivity index (χ0n) is 12.0. The van der Waals surface area contributed by atoms with Crippen molar-refractivity contribution in [3.8, 4) is 11.8 Å². The summed E-state index contributed by atoms with van der Waals surface area (Å²) in [4.78, 5) is 17.8. The first-order chi connectivity index (χ1) is 10.3. The molecule has 3 rings (SSSR count). The maximum absolute atomic E-state index is 12.5. The van der Waals surface area contributed by atoms with Crippen molar-refractivity contribution in [2.75, 3.05) is 32.8 Å². The minimum absolute atomic E-state index is 0.116. The Balaban J connectivity index is 1.61. The van der Waals surface area contributed by atoms with Gasteiger partial charge in [0.05, 0.1) is 10.4 Å². The number of carbonyl (C=O) groups is 1. The molecule has 112 valence electrons. The van der Waals surface area contributed by atoms with Gasteiger partial charge in [-0.25, -0.2) is 0 Å². The third-order valence-corrected chi connectivity index (χ3v) is 5.09. The van der Waals surface area contributed by atoms with Crippen LogP contribution in [0, 0.1) is 11.8 Å². The molecule has 0 saturated carbocycles. The second-order valence-electron chi connectivity index (χ2n) is 5.60. The summed E-state index contributed by atoms with van der Waals surface area (Å²) in [5.41, 5.74) is 0.726. The molecule has 1 aromatic heterocycles. The fraction of sp³-hybridized carbons (Fsp3) is 0.562. The molecule has 4 nitrogen and oxygen atoms in total. The number of carbonyl (C=O) groups excluding carboxylic acids is 1. The fourth-order valence-corrected chi connectivity index (χ4v) is 3.90. The SMILES string of the molecule is O=C(c1csc(C#CCO)c1)N1CCC(N2CCCC2)C1. The van der Waals surface area contributed by atoms with Gasteiger partial charge in [-0.3, -0.25) is 9.69 Å². The van der Waals surface area contributed by atoms with Crippen molar-refractivity contribution in [3.63, 3.8) is 0 Å². The van der Waals surface area contributed by atoms with E-state index in [2.05, 4.69) is 16.7 Å². The Bertz CT molecular complexity index is 566. The van der Waals surface area contributed by atoms with Crippen molar-refractivity contribution >= 4 is 17.2 Å². The third-order valence-electron chi connectivity index (χ3n) is 4.24. The van der Waals surface area contributed by atoms with Gasteiger partial charge in [-0.1, -0.05) is 11.8 Å². The number of rotatable bonds is 2. The molecule has 0 radical (unpaired) electrons. The molecule has 0 spiro atoms. The summed E-state index contributed by atoms with van der Waals surface area (Å²) in [6.07, 6.45) is 3.68. The van der Waals surface area contributed by atoms with Gasteiger partial charge in [-0.05, 0) is 38.4 Å². The largest absolute Gasteiger partial charge is 0.384 e. The minimum Gasteiger partial charge on any atom is -0.384 e. The summed E-state index contributed by atoms with van der Waals surface area (Å²) in [5.74, 6) is 5.58. The Kier molecular flexibility index (Phi) is 4.59. The van der Waals surface area contributed by atoms with Crippen molar-refractivity contribution in [2.45, 2.75) is 25.3 Å². The van der Waals surface area contributed by atoms with Gasteiger partial charge < -0.3 is 10.0 Å². The molecule has 2 fully saturated rings. The van der Waals surface area contributed by atoms with Crippen LogP contribution in [0.2, 0.25) is 0 Å². The second kappa shape index (κ2) is 6.61. The van der Waals surface area contributed by atoms with Crippen LogP contribution in [0.25, 0.3) is 0 Å². The van der Waals surface area contributed by atoms with Crippen molar-refractivity contribution in [1.82, 2.24) is 9.80 Å². The molecule has 5 heteroatoms. The monoisotopic (exact) mass is 304 g/mol. The van der Waals surface area contributed by atoms with Crippen LogP contribution < -0.4 is 0 Å². The van der Waals surface area contributed by atoms with E-state index in [0.717, 1.165) is 30.0 Å². The number of hydrogen-bond acceptors (Lipinski definition) is 4. The van der Waals surface area contributed by atoms with Crippen molar-refractivity contribution < 1.29 is 9.90 Å². The molecule has 1 N–H and O–H groups in total. The Morgan fingerprint density at radius 3 is 2.95 bits per heavy atom. The molecule has 2 aliphatic rings. The molecule has 21 heavy (non-hydrogen) atoms. The third kappa shape index (κ3) is 3.29. The first-order valence-electron chi connectivity index (χ1n) is 7.49. The van der Waals surface area contributed by atoms with Crippen LogP contribution in [-0.2, 0) is 0 Å². The maximum atomic E-state index is 12.5. The highest BCUT2D eigenvalue weighted by molar-refractivity contribution is 7.10. The van der Waals surface area contributed by atoms with E-state index in [9.17, 15) is 4.79 Å². The predicted octanol–water partition coefficient (Wildman–Crippen LogP) is 1.40. The number of aliphatic hydroxyl groups is 1. The van der Waals surface area contributed by atoms with E-state index in [0.29, 0.717) is 6.04 Å². The fourth-order valence-electron chi connectivity index (χ4n) is 3.15. The van der Waals surface area contributed by atoms with Crippen LogP contribution in [-0.4, -0.2) is 59.6 Å². The Hall–Kier alpha value is -1.35. The van der Waals surface area contributed by atoms with Crippen molar-refractivity contribution in [1.29, 1.82) is 0 Å². The normalized spacial score (nSPS) is 22.3.